The Hall–Kier alpha value is -1.97. The normalized spacial score (nSPS) is 16.3. The molecule has 1 aliphatic rings. The van der Waals surface area contributed by atoms with Crippen molar-refractivity contribution in [2.24, 2.45) is 5.92 Å². The predicted octanol–water partition coefficient (Wildman–Crippen LogP) is 6.38. The van der Waals surface area contributed by atoms with E-state index in [2.05, 4.69) is 11.5 Å². The van der Waals surface area contributed by atoms with E-state index in [4.69, 9.17) is 23.2 Å². The third-order valence-electron chi connectivity index (χ3n) is 6.05. The largest absolute Gasteiger partial charge is 0.341 e. The summed E-state index contributed by atoms with van der Waals surface area (Å²) in [6.07, 6.45) is 5.47. The monoisotopic (exact) mass is 428 g/mol. The lowest BCUT2D eigenvalue weighted by Gasteiger charge is -2.33. The molecule has 2 aromatic carbocycles. The van der Waals surface area contributed by atoms with E-state index in [9.17, 15) is 4.79 Å². The first-order valence-corrected chi connectivity index (χ1v) is 11.1. The molecule has 5 heteroatoms. The highest BCUT2D eigenvalue weighted by atomic mass is 35.5. The van der Waals surface area contributed by atoms with Crippen LogP contribution in [-0.4, -0.2) is 28.5 Å². The number of halogens is 2. The van der Waals surface area contributed by atoms with Gasteiger partial charge in [0, 0.05) is 29.7 Å². The molecular formula is C24H26Cl2N2O. The number of piperidine rings is 1. The van der Waals surface area contributed by atoms with E-state index in [1.54, 1.807) is 0 Å². The molecule has 0 saturated carbocycles. The first-order chi connectivity index (χ1) is 14.0. The van der Waals surface area contributed by atoms with E-state index in [-0.39, 0.29) is 11.9 Å². The maximum atomic E-state index is 13.6. The summed E-state index contributed by atoms with van der Waals surface area (Å²) >= 11 is 12.9. The summed E-state index contributed by atoms with van der Waals surface area (Å²) in [6, 6.07) is 15.6. The van der Waals surface area contributed by atoms with Gasteiger partial charge >= 0.3 is 0 Å². The Morgan fingerprint density at radius 3 is 2.48 bits per heavy atom. The molecule has 1 amide bonds. The molecule has 0 radical (unpaired) electrons. The van der Waals surface area contributed by atoms with Gasteiger partial charge < -0.3 is 9.47 Å². The topological polar surface area (TPSA) is 25.2 Å². The number of carbonyl (C=O) groups excluding carboxylic acids is 1. The summed E-state index contributed by atoms with van der Waals surface area (Å²) < 4.78 is 2.06. The van der Waals surface area contributed by atoms with Crippen LogP contribution in [0, 0.1) is 5.92 Å². The lowest BCUT2D eigenvalue weighted by molar-refractivity contribution is -0.136. The minimum absolute atomic E-state index is 0.182. The fourth-order valence-corrected chi connectivity index (χ4v) is 4.73. The maximum Gasteiger partial charge on any atom is 0.245 e. The van der Waals surface area contributed by atoms with Crippen molar-refractivity contribution in [3.63, 3.8) is 0 Å². The fraction of sp³-hybridized carbons (Fsp3) is 0.375. The molecule has 0 aliphatic carbocycles. The molecule has 1 aromatic heterocycles. The highest BCUT2D eigenvalue weighted by Crippen LogP contribution is 2.32. The lowest BCUT2D eigenvalue weighted by atomic mass is 9.97. The summed E-state index contributed by atoms with van der Waals surface area (Å²) in [5, 5.41) is 2.42. The van der Waals surface area contributed by atoms with Crippen molar-refractivity contribution >= 4 is 40.0 Å². The second-order valence-corrected chi connectivity index (χ2v) is 8.87. The lowest BCUT2D eigenvalue weighted by Crippen LogP contribution is -2.42. The van der Waals surface area contributed by atoms with E-state index in [0.29, 0.717) is 17.4 Å². The smallest absolute Gasteiger partial charge is 0.245 e. The molecule has 0 bridgehead atoms. The van der Waals surface area contributed by atoms with Gasteiger partial charge in [-0.3, -0.25) is 4.79 Å². The van der Waals surface area contributed by atoms with Gasteiger partial charge in [-0.25, -0.2) is 0 Å². The number of para-hydroxylation sites is 1. The molecule has 1 fully saturated rings. The van der Waals surface area contributed by atoms with E-state index in [1.807, 2.05) is 59.6 Å². The van der Waals surface area contributed by atoms with E-state index >= 15 is 0 Å². The zero-order chi connectivity index (χ0) is 20.4. The first-order valence-electron chi connectivity index (χ1n) is 10.3. The van der Waals surface area contributed by atoms with Crippen LogP contribution in [0.5, 0.6) is 0 Å². The van der Waals surface area contributed by atoms with Crippen LogP contribution in [0.4, 0.5) is 0 Å². The zero-order valence-corrected chi connectivity index (χ0v) is 18.2. The molecule has 152 valence electrons. The van der Waals surface area contributed by atoms with Crippen LogP contribution in [0.1, 0.15) is 37.8 Å². The van der Waals surface area contributed by atoms with Crippen LogP contribution in [0.3, 0.4) is 0 Å². The van der Waals surface area contributed by atoms with Crippen molar-refractivity contribution in [3.8, 4) is 0 Å². The van der Waals surface area contributed by atoms with E-state index in [0.717, 1.165) is 53.8 Å². The second kappa shape index (κ2) is 8.81. The molecule has 1 aliphatic heterocycles. The number of benzene rings is 2. The Balaban J connectivity index is 1.66. The Bertz CT molecular complexity index is 1010. The van der Waals surface area contributed by atoms with Crippen molar-refractivity contribution in [2.75, 3.05) is 13.1 Å². The molecule has 1 saturated heterocycles. The van der Waals surface area contributed by atoms with Crippen LogP contribution in [0.15, 0.2) is 54.7 Å². The standard InChI is InChI=1S/C24H26Cl2N2O/c1-17-12-14-27(15-13-17)24(29)23(11-10-18-6-2-4-8-20(18)25)28-16-21(26)19-7-3-5-9-22(19)28/h2-9,16-17,23H,10-15H2,1H3. The molecule has 3 nitrogen and oxygen atoms in total. The van der Waals surface area contributed by atoms with E-state index < -0.39 is 0 Å². The van der Waals surface area contributed by atoms with Gasteiger partial charge in [0.05, 0.1) is 10.5 Å². The molecule has 0 N–H and O–H groups in total. The van der Waals surface area contributed by atoms with Crippen LogP contribution in [-0.2, 0) is 11.2 Å². The predicted molar refractivity (Wildman–Crippen MR) is 121 cm³/mol. The Kier molecular flexibility index (Phi) is 6.17. The number of nitrogens with zero attached hydrogens (tertiary/aromatic N) is 2. The Morgan fingerprint density at radius 2 is 1.72 bits per heavy atom. The number of aryl methyl sites for hydroxylation is 1. The van der Waals surface area contributed by atoms with Gasteiger partial charge in [-0.15, -0.1) is 0 Å². The van der Waals surface area contributed by atoms with Crippen LogP contribution >= 0.6 is 23.2 Å². The Labute approximate surface area is 182 Å². The Morgan fingerprint density at radius 1 is 1.03 bits per heavy atom. The third kappa shape index (κ3) is 4.31. The van der Waals surface area contributed by atoms with Gasteiger partial charge in [-0.2, -0.15) is 0 Å². The molecular weight excluding hydrogens is 403 g/mol. The number of hydrogen-bond donors (Lipinski definition) is 0. The molecule has 0 spiro atoms. The number of rotatable bonds is 5. The number of amides is 1. The number of aromatic nitrogens is 1. The molecule has 29 heavy (non-hydrogen) atoms. The molecule has 1 atom stereocenters. The SMILES string of the molecule is CC1CCN(C(=O)C(CCc2ccccc2Cl)n2cc(Cl)c3ccccc32)CC1. The summed E-state index contributed by atoms with van der Waals surface area (Å²) in [5.74, 6) is 0.865. The van der Waals surface area contributed by atoms with Crippen molar-refractivity contribution in [2.45, 2.75) is 38.6 Å². The van der Waals surface area contributed by atoms with Crippen LogP contribution < -0.4 is 0 Å². The summed E-state index contributed by atoms with van der Waals surface area (Å²) in [7, 11) is 0. The fourth-order valence-electron chi connectivity index (χ4n) is 4.23. The number of carbonyl (C=O) groups is 1. The van der Waals surface area contributed by atoms with Crippen molar-refractivity contribution < 1.29 is 4.79 Å². The summed E-state index contributed by atoms with van der Waals surface area (Å²) in [4.78, 5) is 15.6. The van der Waals surface area contributed by atoms with Crippen molar-refractivity contribution in [3.05, 3.63) is 70.3 Å². The van der Waals surface area contributed by atoms with E-state index in [1.165, 1.54) is 0 Å². The van der Waals surface area contributed by atoms with Crippen LogP contribution in [0.25, 0.3) is 10.9 Å². The van der Waals surface area contributed by atoms with Crippen molar-refractivity contribution in [1.29, 1.82) is 0 Å². The quantitative estimate of drug-likeness (QED) is 0.462. The van der Waals surface area contributed by atoms with Gasteiger partial charge in [0.15, 0.2) is 0 Å². The summed E-state index contributed by atoms with van der Waals surface area (Å²) in [5.41, 5.74) is 2.07. The van der Waals surface area contributed by atoms with Gasteiger partial charge in [-0.05, 0) is 49.3 Å². The average Bonchev–Trinajstić information content (AvgIpc) is 3.06. The van der Waals surface area contributed by atoms with Crippen molar-refractivity contribution in [1.82, 2.24) is 9.47 Å². The highest BCUT2D eigenvalue weighted by Gasteiger charge is 2.29. The molecule has 4 rings (SSSR count). The van der Waals surface area contributed by atoms with Gasteiger partial charge in [0.2, 0.25) is 5.91 Å². The molecule has 3 aromatic rings. The minimum atomic E-state index is -0.294. The van der Waals surface area contributed by atoms with Gasteiger partial charge in [-0.1, -0.05) is 66.5 Å². The average molecular weight is 429 g/mol. The maximum absolute atomic E-state index is 13.6. The second-order valence-electron chi connectivity index (χ2n) is 8.06. The number of hydrogen-bond acceptors (Lipinski definition) is 1. The van der Waals surface area contributed by atoms with Crippen LogP contribution in [0.2, 0.25) is 10.0 Å². The molecule has 1 unspecified atom stereocenters. The van der Waals surface area contributed by atoms with Gasteiger partial charge in [0.25, 0.3) is 0 Å². The summed E-state index contributed by atoms with van der Waals surface area (Å²) in [6.45, 7) is 3.92. The molecule has 2 heterocycles. The first kappa shape index (κ1) is 20.3. The number of fused-ring (bicyclic) bond motifs is 1. The third-order valence-corrected chi connectivity index (χ3v) is 6.72. The van der Waals surface area contributed by atoms with Gasteiger partial charge in [0.1, 0.15) is 6.04 Å². The highest BCUT2D eigenvalue weighted by molar-refractivity contribution is 6.35. The number of likely N-dealkylation sites (tertiary alicyclic amines) is 1. The zero-order valence-electron chi connectivity index (χ0n) is 16.7. The minimum Gasteiger partial charge on any atom is -0.341 e.